The summed E-state index contributed by atoms with van der Waals surface area (Å²) in [5.74, 6) is -0.681. The van der Waals surface area contributed by atoms with Crippen LogP contribution in [0.5, 0.6) is 0 Å². The van der Waals surface area contributed by atoms with Crippen LogP contribution in [-0.2, 0) is 4.79 Å². The van der Waals surface area contributed by atoms with Crippen LogP contribution in [0.25, 0.3) is 0 Å². The van der Waals surface area contributed by atoms with Crippen LogP contribution >= 0.6 is 0 Å². The zero-order valence-corrected chi connectivity index (χ0v) is 8.38. The van der Waals surface area contributed by atoms with E-state index < -0.39 is 5.97 Å². The predicted molar refractivity (Wildman–Crippen MR) is 53.2 cm³/mol. The Morgan fingerprint density at radius 3 is 2.57 bits per heavy atom. The van der Waals surface area contributed by atoms with E-state index in [1.165, 1.54) is 12.8 Å². The zero-order valence-electron chi connectivity index (χ0n) is 8.38. The lowest BCUT2D eigenvalue weighted by Crippen LogP contribution is -2.54. The number of carboxylic acids is 1. The van der Waals surface area contributed by atoms with Crippen LogP contribution in [0.3, 0.4) is 0 Å². The summed E-state index contributed by atoms with van der Waals surface area (Å²) in [4.78, 5) is 10.8. The summed E-state index contributed by atoms with van der Waals surface area (Å²) in [5.41, 5.74) is -0.127. The summed E-state index contributed by atoms with van der Waals surface area (Å²) in [6.45, 7) is 1.88. The van der Waals surface area contributed by atoms with Crippen LogP contribution in [0.2, 0.25) is 0 Å². The van der Waals surface area contributed by atoms with Crippen molar-refractivity contribution in [1.82, 2.24) is 10.6 Å². The quantitative estimate of drug-likeness (QED) is 0.609. The first-order valence-corrected chi connectivity index (χ1v) is 5.40. The van der Waals surface area contributed by atoms with Crippen LogP contribution in [-0.4, -0.2) is 35.7 Å². The normalized spacial score (nSPS) is 26.0. The standard InChI is InChI=1S/C10H18N2O2/c13-9(14)7-10(12-8-1-2-8)3-5-11-6-4-10/h8,11-12H,1-7H2,(H,13,14). The van der Waals surface area contributed by atoms with Crippen molar-refractivity contribution >= 4 is 5.97 Å². The lowest BCUT2D eigenvalue weighted by Gasteiger charge is -2.37. The fraction of sp³-hybridized carbons (Fsp3) is 0.900. The topological polar surface area (TPSA) is 61.4 Å². The summed E-state index contributed by atoms with van der Waals surface area (Å²) in [7, 11) is 0. The molecule has 3 N–H and O–H groups in total. The molecule has 0 spiro atoms. The summed E-state index contributed by atoms with van der Waals surface area (Å²) in [6, 6.07) is 0.590. The molecule has 4 heteroatoms. The van der Waals surface area contributed by atoms with E-state index >= 15 is 0 Å². The Hall–Kier alpha value is -0.610. The van der Waals surface area contributed by atoms with Crippen molar-refractivity contribution in [3.63, 3.8) is 0 Å². The zero-order chi connectivity index (χ0) is 10.0. The van der Waals surface area contributed by atoms with E-state index in [2.05, 4.69) is 10.6 Å². The van der Waals surface area contributed by atoms with Gasteiger partial charge in [-0.1, -0.05) is 0 Å². The number of hydrogen-bond donors (Lipinski definition) is 3. The molecule has 1 aliphatic heterocycles. The monoisotopic (exact) mass is 198 g/mol. The first kappa shape index (κ1) is 9.93. The fourth-order valence-corrected chi connectivity index (χ4v) is 2.23. The molecule has 0 aromatic carbocycles. The van der Waals surface area contributed by atoms with Crippen LogP contribution < -0.4 is 10.6 Å². The highest BCUT2D eigenvalue weighted by Crippen LogP contribution is 2.29. The summed E-state index contributed by atoms with van der Waals surface area (Å²) >= 11 is 0. The maximum atomic E-state index is 10.8. The van der Waals surface area contributed by atoms with Gasteiger partial charge in [0, 0.05) is 11.6 Å². The lowest BCUT2D eigenvalue weighted by atomic mass is 9.85. The van der Waals surface area contributed by atoms with Gasteiger partial charge in [-0.3, -0.25) is 4.79 Å². The molecule has 0 atom stereocenters. The van der Waals surface area contributed by atoms with E-state index in [9.17, 15) is 4.79 Å². The van der Waals surface area contributed by atoms with Gasteiger partial charge in [-0.05, 0) is 38.8 Å². The highest BCUT2D eigenvalue weighted by atomic mass is 16.4. The number of hydrogen-bond acceptors (Lipinski definition) is 3. The van der Waals surface area contributed by atoms with E-state index in [0.717, 1.165) is 25.9 Å². The lowest BCUT2D eigenvalue weighted by molar-refractivity contribution is -0.139. The maximum Gasteiger partial charge on any atom is 0.305 e. The molecule has 0 radical (unpaired) electrons. The Morgan fingerprint density at radius 2 is 2.07 bits per heavy atom. The Labute approximate surface area is 84.1 Å². The molecule has 2 aliphatic rings. The van der Waals surface area contributed by atoms with Crippen molar-refractivity contribution in [2.24, 2.45) is 0 Å². The largest absolute Gasteiger partial charge is 0.481 e. The van der Waals surface area contributed by atoms with E-state index in [4.69, 9.17) is 5.11 Å². The van der Waals surface area contributed by atoms with Gasteiger partial charge in [-0.15, -0.1) is 0 Å². The van der Waals surface area contributed by atoms with E-state index in [-0.39, 0.29) is 12.0 Å². The molecule has 1 saturated carbocycles. The third-order valence-electron chi connectivity index (χ3n) is 3.14. The number of rotatable bonds is 4. The smallest absolute Gasteiger partial charge is 0.305 e. The number of piperidine rings is 1. The molecule has 1 saturated heterocycles. The second-order valence-electron chi connectivity index (χ2n) is 4.52. The van der Waals surface area contributed by atoms with E-state index in [1.54, 1.807) is 0 Å². The highest BCUT2D eigenvalue weighted by molar-refractivity contribution is 5.68. The molecule has 4 nitrogen and oxygen atoms in total. The van der Waals surface area contributed by atoms with Crippen molar-refractivity contribution in [2.75, 3.05) is 13.1 Å². The van der Waals surface area contributed by atoms with Gasteiger partial charge in [0.05, 0.1) is 6.42 Å². The highest BCUT2D eigenvalue weighted by Gasteiger charge is 2.38. The molecule has 0 amide bonds. The average Bonchev–Trinajstić information content (AvgIpc) is 2.88. The maximum absolute atomic E-state index is 10.8. The van der Waals surface area contributed by atoms with E-state index in [1.807, 2.05) is 0 Å². The van der Waals surface area contributed by atoms with Gasteiger partial charge in [0.15, 0.2) is 0 Å². The van der Waals surface area contributed by atoms with Gasteiger partial charge in [0.1, 0.15) is 0 Å². The average molecular weight is 198 g/mol. The second-order valence-corrected chi connectivity index (χ2v) is 4.52. The molecular weight excluding hydrogens is 180 g/mol. The summed E-state index contributed by atoms with van der Waals surface area (Å²) < 4.78 is 0. The number of nitrogens with one attached hydrogen (secondary N) is 2. The Balaban J connectivity index is 1.96. The third-order valence-corrected chi connectivity index (χ3v) is 3.14. The third kappa shape index (κ3) is 2.45. The Morgan fingerprint density at radius 1 is 1.43 bits per heavy atom. The number of aliphatic carboxylic acids is 1. The molecule has 2 rings (SSSR count). The van der Waals surface area contributed by atoms with Crippen LogP contribution in [0.15, 0.2) is 0 Å². The van der Waals surface area contributed by atoms with Crippen molar-refractivity contribution in [2.45, 2.75) is 43.7 Å². The van der Waals surface area contributed by atoms with E-state index in [0.29, 0.717) is 6.04 Å². The SMILES string of the molecule is O=C(O)CC1(NC2CC2)CCNCC1. The first-order chi connectivity index (χ1) is 6.70. The minimum atomic E-state index is -0.681. The summed E-state index contributed by atoms with van der Waals surface area (Å²) in [5, 5.41) is 15.7. The molecular formula is C10H18N2O2. The predicted octanol–water partition coefficient (Wildman–Crippen LogP) is 0.335. The number of carboxylic acid groups (broad SMARTS) is 1. The van der Waals surface area contributed by atoms with Gasteiger partial charge in [0.2, 0.25) is 0 Å². The van der Waals surface area contributed by atoms with Crippen molar-refractivity contribution in [3.8, 4) is 0 Å². The number of carbonyl (C=O) groups is 1. The molecule has 80 valence electrons. The van der Waals surface area contributed by atoms with Gasteiger partial charge in [0.25, 0.3) is 0 Å². The van der Waals surface area contributed by atoms with Gasteiger partial charge < -0.3 is 15.7 Å². The molecule has 0 bridgehead atoms. The van der Waals surface area contributed by atoms with Crippen LogP contribution in [0.1, 0.15) is 32.1 Å². The first-order valence-electron chi connectivity index (χ1n) is 5.40. The summed E-state index contributed by atoms with van der Waals surface area (Å²) in [6.07, 6.45) is 4.58. The van der Waals surface area contributed by atoms with Gasteiger partial charge in [-0.25, -0.2) is 0 Å². The van der Waals surface area contributed by atoms with Crippen molar-refractivity contribution < 1.29 is 9.90 Å². The molecule has 1 heterocycles. The minimum absolute atomic E-state index is 0.127. The second kappa shape index (κ2) is 3.87. The molecule has 0 aromatic heterocycles. The molecule has 0 aromatic rings. The molecule has 14 heavy (non-hydrogen) atoms. The Bertz CT molecular complexity index is 220. The Kier molecular flexibility index (Phi) is 2.74. The van der Waals surface area contributed by atoms with Crippen LogP contribution in [0.4, 0.5) is 0 Å². The van der Waals surface area contributed by atoms with Crippen LogP contribution in [0, 0.1) is 0 Å². The fourth-order valence-electron chi connectivity index (χ4n) is 2.23. The minimum Gasteiger partial charge on any atom is -0.481 e. The molecule has 1 aliphatic carbocycles. The van der Waals surface area contributed by atoms with Gasteiger partial charge >= 0.3 is 5.97 Å². The molecule has 2 fully saturated rings. The molecule has 0 unspecified atom stereocenters. The van der Waals surface area contributed by atoms with Gasteiger partial charge in [-0.2, -0.15) is 0 Å². The van der Waals surface area contributed by atoms with Crippen molar-refractivity contribution in [3.05, 3.63) is 0 Å². The van der Waals surface area contributed by atoms with Crippen molar-refractivity contribution in [1.29, 1.82) is 0 Å².